The van der Waals surface area contributed by atoms with Gasteiger partial charge in [-0.25, -0.2) is 12.6 Å². The Labute approximate surface area is 149 Å². The van der Waals surface area contributed by atoms with E-state index in [-0.39, 0.29) is 4.90 Å². The van der Waals surface area contributed by atoms with Gasteiger partial charge in [0.2, 0.25) is 0 Å². The van der Waals surface area contributed by atoms with Crippen molar-refractivity contribution in [2.45, 2.75) is 9.79 Å². The van der Waals surface area contributed by atoms with Crippen LogP contribution in [-0.2, 0) is 21.0 Å². The quantitative estimate of drug-likeness (QED) is 0.694. The van der Waals surface area contributed by atoms with E-state index in [1.165, 1.54) is 12.1 Å². The molecule has 0 saturated heterocycles. The van der Waals surface area contributed by atoms with E-state index in [0.717, 1.165) is 0 Å². The average Bonchev–Trinajstić information content (AvgIpc) is 2.63. The van der Waals surface area contributed by atoms with Crippen LogP contribution in [0.5, 0.6) is 0 Å². The van der Waals surface area contributed by atoms with Gasteiger partial charge in [-0.1, -0.05) is 42.5 Å². The normalized spacial score (nSPS) is 12.3. The second kappa shape index (κ2) is 7.50. The molecule has 7 heteroatoms. The summed E-state index contributed by atoms with van der Waals surface area (Å²) in [6.07, 6.45) is 0. The van der Waals surface area contributed by atoms with E-state index in [1.54, 1.807) is 66.7 Å². The summed E-state index contributed by atoms with van der Waals surface area (Å²) in [6.45, 7) is 0. The van der Waals surface area contributed by atoms with Gasteiger partial charge in [-0.05, 0) is 42.5 Å². The standard InChI is InChI=1S/C18H16N2O3S2/c21-24(17-10-3-1-4-11-17)19-15-8-7-9-16(14-15)20-25(22,23)18-12-5-2-6-13-18/h1-14,19-20H. The maximum atomic E-state index is 12.4. The van der Waals surface area contributed by atoms with Crippen molar-refractivity contribution < 1.29 is 12.6 Å². The summed E-state index contributed by atoms with van der Waals surface area (Å²) in [5.41, 5.74) is 0.939. The van der Waals surface area contributed by atoms with Crippen molar-refractivity contribution in [2.75, 3.05) is 9.44 Å². The molecule has 3 rings (SSSR count). The van der Waals surface area contributed by atoms with Gasteiger partial charge in [0.05, 0.1) is 15.5 Å². The van der Waals surface area contributed by atoms with Gasteiger partial charge in [0.1, 0.15) is 11.0 Å². The predicted octanol–water partition coefficient (Wildman–Crippen LogP) is 3.62. The number of hydrogen-bond acceptors (Lipinski definition) is 3. The van der Waals surface area contributed by atoms with Gasteiger partial charge in [0.25, 0.3) is 10.0 Å². The monoisotopic (exact) mass is 372 g/mol. The van der Waals surface area contributed by atoms with Crippen LogP contribution in [0, 0.1) is 0 Å². The van der Waals surface area contributed by atoms with Crippen molar-refractivity contribution in [3.63, 3.8) is 0 Å². The topological polar surface area (TPSA) is 75.3 Å². The minimum atomic E-state index is -3.66. The number of benzene rings is 3. The lowest BCUT2D eigenvalue weighted by molar-refractivity contribution is 0.601. The van der Waals surface area contributed by atoms with Gasteiger partial charge < -0.3 is 4.72 Å². The molecule has 0 radical (unpaired) electrons. The third-order valence-corrected chi connectivity index (χ3v) is 5.85. The van der Waals surface area contributed by atoms with Crippen molar-refractivity contribution in [1.29, 1.82) is 0 Å². The first kappa shape index (κ1) is 17.2. The second-order valence-corrected chi connectivity index (χ2v) is 8.08. The van der Waals surface area contributed by atoms with E-state index in [4.69, 9.17) is 0 Å². The van der Waals surface area contributed by atoms with Crippen LogP contribution in [-0.4, -0.2) is 12.6 Å². The van der Waals surface area contributed by atoms with Crippen LogP contribution in [0.2, 0.25) is 0 Å². The molecule has 128 valence electrons. The predicted molar refractivity (Wildman–Crippen MR) is 100 cm³/mol. The van der Waals surface area contributed by atoms with Crippen LogP contribution < -0.4 is 9.44 Å². The van der Waals surface area contributed by atoms with Gasteiger partial charge in [0, 0.05) is 5.69 Å². The maximum Gasteiger partial charge on any atom is 0.261 e. The molecular weight excluding hydrogens is 356 g/mol. The molecular formula is C18H16N2O3S2. The summed E-state index contributed by atoms with van der Waals surface area (Å²) in [6, 6.07) is 23.7. The lowest BCUT2D eigenvalue weighted by Gasteiger charge is -2.10. The van der Waals surface area contributed by atoms with Crippen LogP contribution in [0.3, 0.4) is 0 Å². The SMILES string of the molecule is O=S(Nc1cccc(NS(=O)(=O)c2ccccc2)c1)c1ccccc1. The van der Waals surface area contributed by atoms with Crippen molar-refractivity contribution in [3.05, 3.63) is 84.9 Å². The van der Waals surface area contributed by atoms with Crippen molar-refractivity contribution >= 4 is 32.4 Å². The first-order chi connectivity index (χ1) is 12.0. The molecule has 0 aliphatic heterocycles. The number of anilines is 2. The Balaban J connectivity index is 1.77. The van der Waals surface area contributed by atoms with Gasteiger partial charge in [0.15, 0.2) is 0 Å². The van der Waals surface area contributed by atoms with Gasteiger partial charge in [-0.3, -0.25) is 4.72 Å². The largest absolute Gasteiger partial charge is 0.301 e. The number of rotatable bonds is 6. The van der Waals surface area contributed by atoms with Gasteiger partial charge >= 0.3 is 0 Å². The summed E-state index contributed by atoms with van der Waals surface area (Å²) in [7, 11) is -5.09. The number of hydrogen-bond donors (Lipinski definition) is 2. The van der Waals surface area contributed by atoms with Gasteiger partial charge in [-0.15, -0.1) is 0 Å². The summed E-state index contributed by atoms with van der Waals surface area (Å²) in [5, 5.41) is 0. The van der Waals surface area contributed by atoms with E-state index in [1.807, 2.05) is 6.07 Å². The molecule has 0 fully saturated rings. The second-order valence-electron chi connectivity index (χ2n) is 5.18. The zero-order valence-corrected chi connectivity index (χ0v) is 14.8. The highest BCUT2D eigenvalue weighted by molar-refractivity contribution is 7.92. The Kier molecular flexibility index (Phi) is 5.16. The summed E-state index contributed by atoms with van der Waals surface area (Å²) < 4.78 is 42.4. The van der Waals surface area contributed by atoms with Crippen LogP contribution in [0.1, 0.15) is 0 Å². The van der Waals surface area contributed by atoms with Crippen LogP contribution in [0.15, 0.2) is 94.7 Å². The zero-order valence-electron chi connectivity index (χ0n) is 13.1. The molecule has 1 atom stereocenters. The molecule has 0 aliphatic carbocycles. The van der Waals surface area contributed by atoms with Crippen molar-refractivity contribution in [2.24, 2.45) is 0 Å². The smallest absolute Gasteiger partial charge is 0.261 e. The zero-order chi connectivity index (χ0) is 17.7. The highest BCUT2D eigenvalue weighted by Crippen LogP contribution is 2.20. The van der Waals surface area contributed by atoms with E-state index in [0.29, 0.717) is 16.3 Å². The van der Waals surface area contributed by atoms with Gasteiger partial charge in [-0.2, -0.15) is 0 Å². The molecule has 1 unspecified atom stereocenters. The molecule has 0 bridgehead atoms. The fourth-order valence-corrected chi connectivity index (χ4v) is 4.10. The summed E-state index contributed by atoms with van der Waals surface area (Å²) in [5.74, 6) is 0. The lowest BCUT2D eigenvalue weighted by atomic mass is 10.3. The summed E-state index contributed by atoms with van der Waals surface area (Å²) >= 11 is 0. The molecule has 25 heavy (non-hydrogen) atoms. The fraction of sp³-hybridized carbons (Fsp3) is 0. The molecule has 0 saturated carbocycles. The Morgan fingerprint density at radius 2 is 1.32 bits per heavy atom. The molecule has 3 aromatic carbocycles. The highest BCUT2D eigenvalue weighted by atomic mass is 32.2. The molecule has 0 amide bonds. The lowest BCUT2D eigenvalue weighted by Crippen LogP contribution is -2.13. The molecule has 0 aliphatic rings. The minimum absolute atomic E-state index is 0.182. The van der Waals surface area contributed by atoms with Crippen molar-refractivity contribution in [3.8, 4) is 0 Å². The van der Waals surface area contributed by atoms with E-state index < -0.39 is 21.0 Å². The first-order valence-corrected chi connectivity index (χ1v) is 10.1. The highest BCUT2D eigenvalue weighted by Gasteiger charge is 2.13. The third kappa shape index (κ3) is 4.46. The van der Waals surface area contributed by atoms with E-state index in [9.17, 15) is 12.6 Å². The number of sulfonamides is 1. The Bertz CT molecular complexity index is 975. The minimum Gasteiger partial charge on any atom is -0.301 e. The Morgan fingerprint density at radius 3 is 2.00 bits per heavy atom. The third-order valence-electron chi connectivity index (χ3n) is 3.34. The van der Waals surface area contributed by atoms with Crippen LogP contribution in [0.25, 0.3) is 0 Å². The molecule has 5 nitrogen and oxygen atoms in total. The molecule has 2 N–H and O–H groups in total. The molecule has 0 heterocycles. The molecule has 0 aromatic heterocycles. The number of nitrogens with one attached hydrogen (secondary N) is 2. The van der Waals surface area contributed by atoms with Crippen LogP contribution >= 0.6 is 0 Å². The van der Waals surface area contributed by atoms with E-state index in [2.05, 4.69) is 9.44 Å². The molecule has 0 spiro atoms. The molecule has 3 aromatic rings. The maximum absolute atomic E-state index is 12.4. The summed E-state index contributed by atoms with van der Waals surface area (Å²) in [4.78, 5) is 0.819. The van der Waals surface area contributed by atoms with Crippen LogP contribution in [0.4, 0.5) is 11.4 Å². The Morgan fingerprint density at radius 1 is 0.720 bits per heavy atom. The Hall–Kier alpha value is -2.64. The van der Waals surface area contributed by atoms with E-state index >= 15 is 0 Å². The first-order valence-electron chi connectivity index (χ1n) is 7.46. The average molecular weight is 372 g/mol. The fourth-order valence-electron chi connectivity index (χ4n) is 2.17. The van der Waals surface area contributed by atoms with Crippen molar-refractivity contribution in [1.82, 2.24) is 0 Å².